The molecule has 2 heterocycles. The van der Waals surface area contributed by atoms with E-state index in [2.05, 4.69) is 5.32 Å². The van der Waals surface area contributed by atoms with Crippen LogP contribution < -0.4 is 24.3 Å². The maximum absolute atomic E-state index is 12.7. The molecule has 2 fully saturated rings. The largest absolute Gasteiger partial charge is 0.497 e. The number of likely N-dealkylation sites (tertiary alicyclic amines) is 1. The fourth-order valence-corrected chi connectivity index (χ4v) is 4.22. The van der Waals surface area contributed by atoms with Gasteiger partial charge in [0.05, 0.1) is 34.5 Å². The van der Waals surface area contributed by atoms with Crippen molar-refractivity contribution in [3.8, 4) is 23.0 Å². The summed E-state index contributed by atoms with van der Waals surface area (Å²) in [4.78, 5) is 26.9. The van der Waals surface area contributed by atoms with E-state index in [1.807, 2.05) is 18.2 Å². The Kier molecular flexibility index (Phi) is 7.42. The molecule has 34 heavy (non-hydrogen) atoms. The minimum absolute atomic E-state index is 0.0374. The minimum Gasteiger partial charge on any atom is -0.497 e. The van der Waals surface area contributed by atoms with Gasteiger partial charge in [-0.3, -0.25) is 9.59 Å². The number of amides is 2. The van der Waals surface area contributed by atoms with Crippen LogP contribution in [0.1, 0.15) is 30.7 Å². The third kappa shape index (κ3) is 5.53. The molecule has 2 saturated heterocycles. The lowest BCUT2D eigenvalue weighted by molar-refractivity contribution is -0.131. The molecule has 9 heteroatoms. The predicted octanol–water partition coefficient (Wildman–Crippen LogP) is 3.18. The molecular weight excluding hydrogens is 440 g/mol. The standard InChI is InChI=1S/C25H30N2O7/c1-30-19-11-18(12-20(13-19)31-2)26-23(28)15-27-14-17(10-24(27)29)16-6-7-21(32-3)22(9-16)34-25-5-4-8-33-25/h6-7,9,11-13,17,25H,4-5,8,10,14-15H2,1-3H3,(H,26,28)/t17-,25?/m1/s1. The fraction of sp³-hybridized carbons (Fsp3) is 0.440. The van der Waals surface area contributed by atoms with Crippen molar-refractivity contribution < 1.29 is 33.3 Å². The number of rotatable bonds is 9. The molecule has 4 rings (SSSR count). The van der Waals surface area contributed by atoms with Crippen LogP contribution >= 0.6 is 0 Å². The molecule has 182 valence electrons. The maximum Gasteiger partial charge on any atom is 0.244 e. The first-order valence-electron chi connectivity index (χ1n) is 11.3. The second-order valence-electron chi connectivity index (χ2n) is 8.30. The highest BCUT2D eigenvalue weighted by molar-refractivity contribution is 5.95. The fourth-order valence-electron chi connectivity index (χ4n) is 4.22. The van der Waals surface area contributed by atoms with Crippen molar-refractivity contribution in [3.63, 3.8) is 0 Å². The SMILES string of the molecule is COc1cc(NC(=O)CN2C[C@H](c3ccc(OC)c(OC4CCCO4)c3)CC2=O)cc(OC)c1. The number of ether oxygens (including phenoxy) is 5. The van der Waals surface area contributed by atoms with Gasteiger partial charge in [0.25, 0.3) is 0 Å². The highest BCUT2D eigenvalue weighted by Crippen LogP contribution is 2.36. The zero-order valence-electron chi connectivity index (χ0n) is 19.7. The van der Waals surface area contributed by atoms with Crippen LogP contribution in [0.2, 0.25) is 0 Å². The van der Waals surface area contributed by atoms with Gasteiger partial charge in [0, 0.05) is 49.2 Å². The van der Waals surface area contributed by atoms with Crippen molar-refractivity contribution in [2.24, 2.45) is 0 Å². The highest BCUT2D eigenvalue weighted by Gasteiger charge is 2.32. The quantitative estimate of drug-likeness (QED) is 0.601. The van der Waals surface area contributed by atoms with Crippen LogP contribution in [-0.2, 0) is 14.3 Å². The Bertz CT molecular complexity index is 1010. The van der Waals surface area contributed by atoms with Crippen LogP contribution in [-0.4, -0.2) is 64.0 Å². The summed E-state index contributed by atoms with van der Waals surface area (Å²) in [7, 11) is 4.67. The molecule has 0 bridgehead atoms. The van der Waals surface area contributed by atoms with Gasteiger partial charge in [-0.1, -0.05) is 6.07 Å². The molecule has 0 spiro atoms. The predicted molar refractivity (Wildman–Crippen MR) is 125 cm³/mol. The maximum atomic E-state index is 12.7. The van der Waals surface area contributed by atoms with Crippen molar-refractivity contribution >= 4 is 17.5 Å². The van der Waals surface area contributed by atoms with Crippen LogP contribution in [0.3, 0.4) is 0 Å². The molecule has 0 radical (unpaired) electrons. The van der Waals surface area contributed by atoms with E-state index in [0.29, 0.717) is 48.3 Å². The summed E-state index contributed by atoms with van der Waals surface area (Å²) >= 11 is 0. The van der Waals surface area contributed by atoms with Crippen LogP contribution in [0.25, 0.3) is 0 Å². The molecule has 2 aromatic carbocycles. The molecular formula is C25H30N2O7. The Balaban J connectivity index is 1.40. The number of nitrogens with one attached hydrogen (secondary N) is 1. The van der Waals surface area contributed by atoms with Gasteiger partial charge in [0.15, 0.2) is 17.8 Å². The topological polar surface area (TPSA) is 95.6 Å². The molecule has 2 amide bonds. The van der Waals surface area contributed by atoms with Crippen LogP contribution in [0.4, 0.5) is 5.69 Å². The average molecular weight is 471 g/mol. The number of benzene rings is 2. The van der Waals surface area contributed by atoms with Gasteiger partial charge in [0.2, 0.25) is 11.8 Å². The third-order valence-corrected chi connectivity index (χ3v) is 5.99. The van der Waals surface area contributed by atoms with Crippen molar-refractivity contribution in [1.29, 1.82) is 0 Å². The number of anilines is 1. The van der Waals surface area contributed by atoms with Crippen LogP contribution in [0, 0.1) is 0 Å². The molecule has 0 aromatic heterocycles. The first-order chi connectivity index (χ1) is 16.5. The Morgan fingerprint density at radius 1 is 1.06 bits per heavy atom. The lowest BCUT2D eigenvalue weighted by atomic mass is 9.98. The van der Waals surface area contributed by atoms with Gasteiger partial charge >= 0.3 is 0 Å². The third-order valence-electron chi connectivity index (χ3n) is 5.99. The molecule has 2 aliphatic heterocycles. The normalized spacial score (nSPS) is 19.7. The highest BCUT2D eigenvalue weighted by atomic mass is 16.7. The monoisotopic (exact) mass is 470 g/mol. The van der Waals surface area contributed by atoms with Gasteiger partial charge in [0.1, 0.15) is 11.5 Å². The van der Waals surface area contributed by atoms with E-state index in [-0.39, 0.29) is 30.6 Å². The average Bonchev–Trinajstić information content (AvgIpc) is 3.48. The molecule has 2 aliphatic rings. The van der Waals surface area contributed by atoms with E-state index < -0.39 is 0 Å². The summed E-state index contributed by atoms with van der Waals surface area (Å²) in [6, 6.07) is 10.8. The number of carbonyl (C=O) groups is 2. The number of methoxy groups -OCH3 is 3. The van der Waals surface area contributed by atoms with Gasteiger partial charge in [-0.05, 0) is 24.1 Å². The van der Waals surface area contributed by atoms with E-state index in [0.717, 1.165) is 18.4 Å². The lowest BCUT2D eigenvalue weighted by Crippen LogP contribution is -2.34. The zero-order valence-corrected chi connectivity index (χ0v) is 19.7. The van der Waals surface area contributed by atoms with Crippen molar-refractivity contribution in [2.75, 3.05) is 46.3 Å². The molecule has 0 saturated carbocycles. The van der Waals surface area contributed by atoms with E-state index in [1.54, 1.807) is 44.4 Å². The number of hydrogen-bond acceptors (Lipinski definition) is 7. The van der Waals surface area contributed by atoms with E-state index in [1.165, 1.54) is 0 Å². The summed E-state index contributed by atoms with van der Waals surface area (Å²) in [6.07, 6.45) is 1.83. The van der Waals surface area contributed by atoms with Gasteiger partial charge in [-0.15, -0.1) is 0 Å². The molecule has 9 nitrogen and oxygen atoms in total. The Morgan fingerprint density at radius 2 is 1.82 bits per heavy atom. The number of nitrogens with zero attached hydrogens (tertiary/aromatic N) is 1. The van der Waals surface area contributed by atoms with Gasteiger partial charge < -0.3 is 33.9 Å². The first-order valence-corrected chi connectivity index (χ1v) is 11.3. The number of hydrogen-bond donors (Lipinski definition) is 1. The second kappa shape index (κ2) is 10.6. The summed E-state index contributed by atoms with van der Waals surface area (Å²) in [5.74, 6) is 1.94. The number of carbonyl (C=O) groups excluding carboxylic acids is 2. The Morgan fingerprint density at radius 3 is 2.47 bits per heavy atom. The molecule has 1 N–H and O–H groups in total. The Labute approximate surface area is 198 Å². The second-order valence-corrected chi connectivity index (χ2v) is 8.30. The molecule has 2 atom stereocenters. The van der Waals surface area contributed by atoms with Crippen molar-refractivity contribution in [3.05, 3.63) is 42.0 Å². The zero-order chi connectivity index (χ0) is 24.1. The van der Waals surface area contributed by atoms with Crippen molar-refractivity contribution in [2.45, 2.75) is 31.5 Å². The van der Waals surface area contributed by atoms with Crippen molar-refractivity contribution in [1.82, 2.24) is 4.90 Å². The minimum atomic E-state index is -0.290. The molecule has 2 aromatic rings. The molecule has 0 aliphatic carbocycles. The summed E-state index contributed by atoms with van der Waals surface area (Å²) < 4.78 is 27.5. The van der Waals surface area contributed by atoms with Crippen LogP contribution in [0.15, 0.2) is 36.4 Å². The van der Waals surface area contributed by atoms with E-state index in [4.69, 9.17) is 23.7 Å². The van der Waals surface area contributed by atoms with Crippen LogP contribution in [0.5, 0.6) is 23.0 Å². The summed E-state index contributed by atoms with van der Waals surface area (Å²) in [5, 5.41) is 2.81. The van der Waals surface area contributed by atoms with Gasteiger partial charge in [-0.2, -0.15) is 0 Å². The summed E-state index contributed by atoms with van der Waals surface area (Å²) in [6.45, 7) is 1.09. The van der Waals surface area contributed by atoms with Gasteiger partial charge in [-0.25, -0.2) is 0 Å². The molecule has 1 unspecified atom stereocenters. The summed E-state index contributed by atoms with van der Waals surface area (Å²) in [5.41, 5.74) is 1.50. The van der Waals surface area contributed by atoms with E-state index >= 15 is 0 Å². The van der Waals surface area contributed by atoms with E-state index in [9.17, 15) is 9.59 Å². The first kappa shape index (κ1) is 23.7. The Hall–Kier alpha value is -3.46. The lowest BCUT2D eigenvalue weighted by Gasteiger charge is -2.19. The smallest absolute Gasteiger partial charge is 0.244 e.